The van der Waals surface area contributed by atoms with E-state index in [2.05, 4.69) is 41.5 Å². The van der Waals surface area contributed by atoms with E-state index in [1.54, 1.807) is 0 Å². The molecule has 0 aromatic heterocycles. The van der Waals surface area contributed by atoms with E-state index >= 15 is 0 Å². The highest BCUT2D eigenvalue weighted by molar-refractivity contribution is 7.47. The molecule has 0 aliphatic heterocycles. The van der Waals surface area contributed by atoms with Gasteiger partial charge in [0.25, 0.3) is 0 Å². The van der Waals surface area contributed by atoms with Gasteiger partial charge in [0.2, 0.25) is 0 Å². The minimum atomic E-state index is -4.96. The van der Waals surface area contributed by atoms with Crippen LogP contribution in [0.2, 0.25) is 0 Å². The number of hydrogen-bond donors (Lipinski definition) is 3. The lowest BCUT2D eigenvalue weighted by molar-refractivity contribution is -0.161. The number of ether oxygens (including phenoxy) is 4. The molecule has 19 heteroatoms. The summed E-state index contributed by atoms with van der Waals surface area (Å²) in [4.78, 5) is 73.0. The Morgan fingerprint density at radius 3 is 0.687 bits per heavy atom. The van der Waals surface area contributed by atoms with Gasteiger partial charge in [0.05, 0.1) is 26.4 Å². The Hall–Kier alpha value is -1.94. The first-order chi connectivity index (χ1) is 47.9. The number of carbonyl (C=O) groups excluding carboxylic acids is 4. The Balaban J connectivity index is 5.24. The van der Waals surface area contributed by atoms with Crippen LogP contribution in [0.3, 0.4) is 0 Å². The number of rotatable bonds is 79. The van der Waals surface area contributed by atoms with Crippen molar-refractivity contribution in [2.24, 2.45) is 11.8 Å². The molecule has 0 radical (unpaired) electrons. The van der Waals surface area contributed by atoms with Gasteiger partial charge < -0.3 is 33.8 Å². The highest BCUT2D eigenvalue weighted by Crippen LogP contribution is 2.45. The Morgan fingerprint density at radius 2 is 0.465 bits per heavy atom. The Kier molecular flexibility index (Phi) is 70.3. The largest absolute Gasteiger partial charge is 0.472 e. The maximum absolute atomic E-state index is 13.1. The second-order valence-corrected chi connectivity index (χ2v) is 32.7. The SMILES string of the molecule is CCCCCCCCCCCCCCC(=O)O[C@H](COC(=O)CCCCCCCCCCCCC)COP(=O)(O)OC[C@H](O)COP(=O)(O)OC[C@@H](COC(=O)CCCCCCCCCCCCCCCCC(C)C)OC(=O)CCCCCCCCCCCCCCCCCCC(C)C. The summed E-state index contributed by atoms with van der Waals surface area (Å²) in [5.41, 5.74) is 0. The third kappa shape index (κ3) is 74.1. The summed E-state index contributed by atoms with van der Waals surface area (Å²) in [6.07, 6.45) is 60.9. The zero-order chi connectivity index (χ0) is 72.8. The van der Waals surface area contributed by atoms with E-state index in [-0.39, 0.29) is 25.7 Å². The number of aliphatic hydroxyl groups is 1. The van der Waals surface area contributed by atoms with Gasteiger partial charge in [0.15, 0.2) is 12.2 Å². The van der Waals surface area contributed by atoms with Crippen molar-refractivity contribution in [3.63, 3.8) is 0 Å². The molecule has 17 nitrogen and oxygen atoms in total. The normalized spacial score (nSPS) is 13.9. The number of esters is 4. The van der Waals surface area contributed by atoms with Crippen LogP contribution in [0.25, 0.3) is 0 Å². The molecule has 0 saturated carbocycles. The molecular formula is C80H156O17P2. The predicted octanol–water partition coefficient (Wildman–Crippen LogP) is 23.9. The average molecular weight is 1450 g/mol. The predicted molar refractivity (Wildman–Crippen MR) is 405 cm³/mol. The van der Waals surface area contributed by atoms with Crippen molar-refractivity contribution >= 4 is 39.5 Å². The second-order valence-electron chi connectivity index (χ2n) is 29.8. The number of hydrogen-bond acceptors (Lipinski definition) is 15. The van der Waals surface area contributed by atoms with E-state index in [0.717, 1.165) is 102 Å². The summed E-state index contributed by atoms with van der Waals surface area (Å²) >= 11 is 0. The van der Waals surface area contributed by atoms with Gasteiger partial charge in [0, 0.05) is 25.7 Å². The van der Waals surface area contributed by atoms with Crippen molar-refractivity contribution in [1.29, 1.82) is 0 Å². The molecule has 0 aromatic carbocycles. The molecule has 0 rings (SSSR count). The van der Waals surface area contributed by atoms with Crippen molar-refractivity contribution in [2.75, 3.05) is 39.6 Å². The molecule has 0 aromatic rings. The molecule has 0 fully saturated rings. The minimum absolute atomic E-state index is 0.108. The van der Waals surface area contributed by atoms with E-state index in [0.29, 0.717) is 25.7 Å². The monoisotopic (exact) mass is 1450 g/mol. The molecule has 0 amide bonds. The summed E-state index contributed by atoms with van der Waals surface area (Å²) in [7, 11) is -9.92. The number of carbonyl (C=O) groups is 4. The van der Waals surface area contributed by atoms with Crippen molar-refractivity contribution in [2.45, 2.75) is 439 Å². The lowest BCUT2D eigenvalue weighted by atomic mass is 10.0. The molecular weight excluding hydrogens is 1290 g/mol. The second kappa shape index (κ2) is 71.7. The highest BCUT2D eigenvalue weighted by atomic mass is 31.2. The molecule has 99 heavy (non-hydrogen) atoms. The van der Waals surface area contributed by atoms with Crippen molar-refractivity contribution in [3.05, 3.63) is 0 Å². The van der Waals surface area contributed by atoms with Gasteiger partial charge in [0.1, 0.15) is 19.3 Å². The summed E-state index contributed by atoms with van der Waals surface area (Å²) in [6, 6.07) is 0. The van der Waals surface area contributed by atoms with Crippen LogP contribution < -0.4 is 0 Å². The van der Waals surface area contributed by atoms with Crippen LogP contribution in [0.4, 0.5) is 0 Å². The summed E-state index contributed by atoms with van der Waals surface area (Å²) in [5, 5.41) is 10.6. The molecule has 0 bridgehead atoms. The number of aliphatic hydroxyl groups excluding tert-OH is 1. The standard InChI is InChI=1S/C80H156O17P2/c1-7-9-11-13-15-17-19-33-40-46-52-58-64-79(84)96-75(68-90-77(82)62-56-50-44-38-30-18-16-14-12-10-8-2)70-94-98(86,87)92-66-74(81)67-93-99(88,89)95-71-76(69-91-78(83)63-57-51-45-39-34-28-25-24-27-32-37-43-49-55-61-73(5)6)97-80(85)65-59-53-47-41-35-29-23-21-20-22-26-31-36-42-48-54-60-72(3)4/h72-76,81H,7-71H2,1-6H3,(H,86,87)(H,88,89)/t74-,75+,76+/m0/s1. The lowest BCUT2D eigenvalue weighted by Crippen LogP contribution is -2.30. The fourth-order valence-corrected chi connectivity index (χ4v) is 13.9. The zero-order valence-electron chi connectivity index (χ0n) is 64.8. The fraction of sp³-hybridized carbons (Fsp3) is 0.950. The third-order valence-corrected chi connectivity index (χ3v) is 20.6. The maximum Gasteiger partial charge on any atom is 0.472 e. The Bertz CT molecular complexity index is 1910. The molecule has 0 aliphatic rings. The fourth-order valence-electron chi connectivity index (χ4n) is 12.4. The first kappa shape index (κ1) is 97.1. The van der Waals surface area contributed by atoms with Crippen LogP contribution in [0, 0.1) is 11.8 Å². The zero-order valence-corrected chi connectivity index (χ0v) is 66.6. The van der Waals surface area contributed by atoms with Crippen molar-refractivity contribution in [3.8, 4) is 0 Å². The molecule has 0 aliphatic carbocycles. The summed E-state index contributed by atoms with van der Waals surface area (Å²) in [5.74, 6) is -0.499. The van der Waals surface area contributed by atoms with Crippen molar-refractivity contribution < 1.29 is 80.2 Å². The first-order valence-electron chi connectivity index (χ1n) is 41.5. The van der Waals surface area contributed by atoms with Gasteiger partial charge in [-0.05, 0) is 37.5 Å². The lowest BCUT2D eigenvalue weighted by Gasteiger charge is -2.21. The van der Waals surface area contributed by atoms with Crippen LogP contribution in [0.15, 0.2) is 0 Å². The summed E-state index contributed by atoms with van der Waals surface area (Å²) < 4.78 is 68.7. The van der Waals surface area contributed by atoms with Crippen LogP contribution in [-0.4, -0.2) is 96.7 Å². The topological polar surface area (TPSA) is 237 Å². The van der Waals surface area contributed by atoms with E-state index in [1.165, 1.54) is 238 Å². The van der Waals surface area contributed by atoms with Crippen LogP contribution >= 0.6 is 15.6 Å². The van der Waals surface area contributed by atoms with Gasteiger partial charge in [-0.2, -0.15) is 0 Å². The molecule has 2 unspecified atom stereocenters. The number of unbranched alkanes of at least 4 members (excludes halogenated alkanes) is 49. The highest BCUT2D eigenvalue weighted by Gasteiger charge is 2.30. The molecule has 3 N–H and O–H groups in total. The van der Waals surface area contributed by atoms with Gasteiger partial charge in [-0.1, -0.05) is 369 Å². The first-order valence-corrected chi connectivity index (χ1v) is 44.5. The number of phosphoric ester groups is 2. The molecule has 0 spiro atoms. The van der Waals surface area contributed by atoms with E-state index < -0.39 is 97.5 Å². The van der Waals surface area contributed by atoms with Gasteiger partial charge in [-0.3, -0.25) is 37.3 Å². The van der Waals surface area contributed by atoms with Crippen LogP contribution in [0.1, 0.15) is 420 Å². The molecule has 588 valence electrons. The van der Waals surface area contributed by atoms with Crippen molar-refractivity contribution in [1.82, 2.24) is 0 Å². The molecule has 5 atom stereocenters. The third-order valence-electron chi connectivity index (χ3n) is 18.7. The molecule has 0 heterocycles. The van der Waals surface area contributed by atoms with E-state index in [1.807, 2.05) is 0 Å². The van der Waals surface area contributed by atoms with Crippen LogP contribution in [-0.2, 0) is 65.4 Å². The maximum atomic E-state index is 13.1. The molecule has 0 saturated heterocycles. The van der Waals surface area contributed by atoms with Gasteiger partial charge >= 0.3 is 39.5 Å². The van der Waals surface area contributed by atoms with Gasteiger partial charge in [-0.15, -0.1) is 0 Å². The van der Waals surface area contributed by atoms with Gasteiger partial charge in [-0.25, -0.2) is 9.13 Å². The van der Waals surface area contributed by atoms with E-state index in [9.17, 15) is 43.2 Å². The summed E-state index contributed by atoms with van der Waals surface area (Å²) in [6.45, 7) is 9.68. The smallest absolute Gasteiger partial charge is 0.462 e. The average Bonchev–Trinajstić information content (AvgIpc) is 0.967. The minimum Gasteiger partial charge on any atom is -0.462 e. The Labute approximate surface area is 607 Å². The quantitative estimate of drug-likeness (QED) is 0.0222. The Morgan fingerprint density at radius 1 is 0.273 bits per heavy atom. The number of phosphoric acid groups is 2. The van der Waals surface area contributed by atoms with Crippen LogP contribution in [0.5, 0.6) is 0 Å². The van der Waals surface area contributed by atoms with E-state index in [4.69, 9.17) is 37.0 Å².